The Morgan fingerprint density at radius 1 is 1.37 bits per heavy atom. The number of carbonyl (C=O) groups is 1. The van der Waals surface area contributed by atoms with Gasteiger partial charge < -0.3 is 15.4 Å². The Morgan fingerprint density at radius 2 is 2.27 bits per heavy atom. The Balaban J connectivity index is 1.86. The second-order valence-corrected chi connectivity index (χ2v) is 6.86. The summed E-state index contributed by atoms with van der Waals surface area (Å²) in [5.41, 5.74) is 1.57. The zero-order chi connectivity index (χ0) is 21.2. The normalized spacial score (nSPS) is 14.4. The number of amides is 2. The fourth-order valence-corrected chi connectivity index (χ4v) is 3.25. The first-order valence-electron chi connectivity index (χ1n) is 10.1. The number of aromatic nitrogens is 2. The molecule has 0 aromatic carbocycles. The van der Waals surface area contributed by atoms with Gasteiger partial charge in [0.1, 0.15) is 11.9 Å². The van der Waals surface area contributed by atoms with Crippen LogP contribution < -0.4 is 15.5 Å². The molecule has 2 amide bonds. The highest BCUT2D eigenvalue weighted by molar-refractivity contribution is 6.03. The molecule has 30 heavy (non-hydrogen) atoms. The molecule has 1 aliphatic rings. The van der Waals surface area contributed by atoms with E-state index in [1.807, 2.05) is 6.92 Å². The summed E-state index contributed by atoms with van der Waals surface area (Å²) >= 11 is 0. The third-order valence-corrected chi connectivity index (χ3v) is 4.74. The van der Waals surface area contributed by atoms with Crippen LogP contribution in [0.3, 0.4) is 0 Å². The monoisotopic (exact) mass is 409 g/mol. The number of urea groups is 1. The SMILES string of the molecule is CCNc1ncc(C#N)cc1N(CCN1CCCOCC1)C(=O)Nc1cccnc1. The van der Waals surface area contributed by atoms with Crippen molar-refractivity contribution in [1.29, 1.82) is 5.26 Å². The maximum absolute atomic E-state index is 13.2. The number of ether oxygens (including phenoxy) is 1. The van der Waals surface area contributed by atoms with Crippen molar-refractivity contribution >= 4 is 23.2 Å². The third kappa shape index (κ3) is 5.89. The molecule has 1 saturated heterocycles. The fraction of sp³-hybridized carbons (Fsp3) is 0.429. The number of nitrogens with zero attached hydrogens (tertiary/aromatic N) is 5. The van der Waals surface area contributed by atoms with Crippen LogP contribution in [0.15, 0.2) is 36.8 Å². The van der Waals surface area contributed by atoms with Gasteiger partial charge in [0.25, 0.3) is 0 Å². The van der Waals surface area contributed by atoms with Gasteiger partial charge in [-0.25, -0.2) is 9.78 Å². The van der Waals surface area contributed by atoms with Gasteiger partial charge in [0, 0.05) is 51.7 Å². The number of carbonyl (C=O) groups excluding carboxylic acids is 1. The maximum atomic E-state index is 13.2. The molecule has 0 atom stereocenters. The Hall–Kier alpha value is -3.22. The van der Waals surface area contributed by atoms with Crippen molar-refractivity contribution in [3.63, 3.8) is 0 Å². The molecule has 2 N–H and O–H groups in total. The van der Waals surface area contributed by atoms with Gasteiger partial charge in [-0.2, -0.15) is 5.26 Å². The number of rotatable bonds is 7. The molecule has 9 nitrogen and oxygen atoms in total. The quantitative estimate of drug-likeness (QED) is 0.724. The largest absolute Gasteiger partial charge is 0.380 e. The van der Waals surface area contributed by atoms with Crippen LogP contribution in [0.25, 0.3) is 0 Å². The van der Waals surface area contributed by atoms with Crippen molar-refractivity contribution in [3.05, 3.63) is 42.4 Å². The molecule has 0 bridgehead atoms. The van der Waals surface area contributed by atoms with Gasteiger partial charge in [-0.3, -0.25) is 14.8 Å². The van der Waals surface area contributed by atoms with Gasteiger partial charge in [-0.05, 0) is 31.5 Å². The van der Waals surface area contributed by atoms with Gasteiger partial charge in [-0.15, -0.1) is 0 Å². The molecule has 0 spiro atoms. The lowest BCUT2D eigenvalue weighted by atomic mass is 10.2. The molecular formula is C21H27N7O2. The second kappa shape index (κ2) is 11.1. The van der Waals surface area contributed by atoms with Crippen LogP contribution in [0.2, 0.25) is 0 Å². The number of pyridine rings is 2. The highest BCUT2D eigenvalue weighted by Gasteiger charge is 2.22. The number of anilines is 3. The summed E-state index contributed by atoms with van der Waals surface area (Å²) in [4.78, 5) is 25.5. The minimum absolute atomic E-state index is 0.301. The lowest BCUT2D eigenvalue weighted by molar-refractivity contribution is 0.142. The van der Waals surface area contributed by atoms with Gasteiger partial charge in [-0.1, -0.05) is 0 Å². The molecule has 2 aromatic heterocycles. The first kappa shape index (κ1) is 21.5. The van der Waals surface area contributed by atoms with Crippen molar-refractivity contribution in [1.82, 2.24) is 14.9 Å². The zero-order valence-electron chi connectivity index (χ0n) is 17.2. The first-order valence-corrected chi connectivity index (χ1v) is 10.1. The van der Waals surface area contributed by atoms with E-state index in [1.165, 1.54) is 6.20 Å². The van der Waals surface area contributed by atoms with E-state index in [0.29, 0.717) is 49.0 Å². The van der Waals surface area contributed by atoms with E-state index in [1.54, 1.807) is 35.5 Å². The summed E-state index contributed by atoms with van der Waals surface area (Å²) < 4.78 is 5.53. The summed E-state index contributed by atoms with van der Waals surface area (Å²) in [6.07, 6.45) is 5.72. The van der Waals surface area contributed by atoms with Gasteiger partial charge in [0.05, 0.1) is 29.7 Å². The van der Waals surface area contributed by atoms with Gasteiger partial charge >= 0.3 is 6.03 Å². The Labute approximate surface area is 176 Å². The Bertz CT molecular complexity index is 861. The minimum atomic E-state index is -0.301. The molecule has 1 aliphatic heterocycles. The van der Waals surface area contributed by atoms with Crippen molar-refractivity contribution in [2.45, 2.75) is 13.3 Å². The molecule has 0 unspecified atom stereocenters. The maximum Gasteiger partial charge on any atom is 0.326 e. The minimum Gasteiger partial charge on any atom is -0.380 e. The Kier molecular flexibility index (Phi) is 7.94. The molecular weight excluding hydrogens is 382 g/mol. The molecule has 0 aliphatic carbocycles. The molecule has 1 fully saturated rings. The predicted octanol–water partition coefficient (Wildman–Crippen LogP) is 2.54. The summed E-state index contributed by atoms with van der Waals surface area (Å²) in [6.45, 7) is 6.95. The average molecular weight is 409 g/mol. The summed E-state index contributed by atoms with van der Waals surface area (Å²) in [5, 5.41) is 15.4. The molecule has 2 aromatic rings. The molecule has 0 saturated carbocycles. The number of nitriles is 1. The van der Waals surface area contributed by atoms with Crippen molar-refractivity contribution in [2.24, 2.45) is 0 Å². The molecule has 3 rings (SSSR count). The van der Waals surface area contributed by atoms with Crippen LogP contribution in [0, 0.1) is 11.3 Å². The van der Waals surface area contributed by atoms with E-state index >= 15 is 0 Å². The fourth-order valence-electron chi connectivity index (χ4n) is 3.25. The van der Waals surface area contributed by atoms with Crippen LogP contribution >= 0.6 is 0 Å². The second-order valence-electron chi connectivity index (χ2n) is 6.86. The van der Waals surface area contributed by atoms with Crippen molar-refractivity contribution < 1.29 is 9.53 Å². The molecule has 3 heterocycles. The van der Waals surface area contributed by atoms with Crippen LogP contribution in [0.1, 0.15) is 18.9 Å². The summed E-state index contributed by atoms with van der Waals surface area (Å²) in [6, 6.07) is 7.05. The average Bonchev–Trinajstić information content (AvgIpc) is 3.04. The van der Waals surface area contributed by atoms with Crippen molar-refractivity contribution in [2.75, 3.05) is 61.5 Å². The van der Waals surface area contributed by atoms with E-state index in [4.69, 9.17) is 4.74 Å². The lowest BCUT2D eigenvalue weighted by Crippen LogP contribution is -2.42. The predicted molar refractivity (Wildman–Crippen MR) is 116 cm³/mol. The number of hydrogen-bond acceptors (Lipinski definition) is 7. The number of nitrogens with one attached hydrogen (secondary N) is 2. The standard InChI is InChI=1S/C21H27N7O2/c1-2-24-20-19(13-17(14-22)15-25-20)28(9-8-27-7-4-11-30-12-10-27)21(29)26-18-5-3-6-23-16-18/h3,5-6,13,15-16H,2,4,7-12H2,1H3,(H,24,25)(H,26,29). The summed E-state index contributed by atoms with van der Waals surface area (Å²) in [7, 11) is 0. The first-order chi connectivity index (χ1) is 14.7. The van der Waals surface area contributed by atoms with Crippen LogP contribution in [-0.2, 0) is 4.74 Å². The molecule has 9 heteroatoms. The van der Waals surface area contributed by atoms with E-state index in [-0.39, 0.29) is 6.03 Å². The number of hydrogen-bond donors (Lipinski definition) is 2. The highest BCUT2D eigenvalue weighted by atomic mass is 16.5. The Morgan fingerprint density at radius 3 is 3.03 bits per heavy atom. The topological polar surface area (TPSA) is 106 Å². The molecule has 0 radical (unpaired) electrons. The van der Waals surface area contributed by atoms with Gasteiger partial charge in [0.15, 0.2) is 0 Å². The van der Waals surface area contributed by atoms with Crippen LogP contribution in [0.5, 0.6) is 0 Å². The van der Waals surface area contributed by atoms with E-state index < -0.39 is 0 Å². The van der Waals surface area contributed by atoms with E-state index in [9.17, 15) is 10.1 Å². The van der Waals surface area contributed by atoms with E-state index in [0.717, 1.165) is 26.1 Å². The lowest BCUT2D eigenvalue weighted by Gasteiger charge is -2.28. The van der Waals surface area contributed by atoms with E-state index in [2.05, 4.69) is 31.6 Å². The smallest absolute Gasteiger partial charge is 0.326 e. The zero-order valence-corrected chi connectivity index (χ0v) is 17.2. The highest BCUT2D eigenvalue weighted by Crippen LogP contribution is 2.26. The van der Waals surface area contributed by atoms with Gasteiger partial charge in [0.2, 0.25) is 0 Å². The van der Waals surface area contributed by atoms with Crippen LogP contribution in [0.4, 0.5) is 22.0 Å². The van der Waals surface area contributed by atoms with Crippen LogP contribution in [-0.4, -0.2) is 66.8 Å². The molecule has 158 valence electrons. The van der Waals surface area contributed by atoms with Crippen molar-refractivity contribution in [3.8, 4) is 6.07 Å². The summed E-state index contributed by atoms with van der Waals surface area (Å²) in [5.74, 6) is 0.567. The third-order valence-electron chi connectivity index (χ3n) is 4.74.